The van der Waals surface area contributed by atoms with Crippen LogP contribution in [-0.4, -0.2) is 11.6 Å². The summed E-state index contributed by atoms with van der Waals surface area (Å²) < 4.78 is 0. The van der Waals surface area contributed by atoms with Crippen LogP contribution >= 0.6 is 0 Å². The lowest BCUT2D eigenvalue weighted by molar-refractivity contribution is -0.633. The van der Waals surface area contributed by atoms with Crippen LogP contribution in [-0.2, 0) is 24.6 Å². The summed E-state index contributed by atoms with van der Waals surface area (Å²) in [6, 6.07) is 0. The monoisotopic (exact) mass is 220 g/mol. The highest BCUT2D eigenvalue weighted by molar-refractivity contribution is 5.68. The van der Waals surface area contributed by atoms with Crippen LogP contribution in [0.4, 0.5) is 0 Å². The second-order valence-electron chi connectivity index (χ2n) is 4.24. The van der Waals surface area contributed by atoms with Gasteiger partial charge in [-0.15, -0.1) is 0 Å². The Hall–Kier alpha value is -0.650. The molecule has 0 unspecified atom stereocenters. The van der Waals surface area contributed by atoms with Gasteiger partial charge in [-0.25, -0.2) is 4.79 Å². The van der Waals surface area contributed by atoms with Gasteiger partial charge in [0.15, 0.2) is 0 Å². The molecule has 0 saturated carbocycles. The molecule has 0 atom stereocenters. The van der Waals surface area contributed by atoms with Crippen molar-refractivity contribution in [1.29, 1.82) is 0 Å². The third-order valence-electron chi connectivity index (χ3n) is 1.42. The molecule has 0 aromatic heterocycles. The molecule has 0 rings (SSSR count). The molecule has 0 fully saturated rings. The second kappa shape index (κ2) is 7.62. The van der Waals surface area contributed by atoms with Crippen LogP contribution in [0.3, 0.4) is 0 Å². The van der Waals surface area contributed by atoms with Gasteiger partial charge in [0.2, 0.25) is 0 Å². The predicted molar refractivity (Wildman–Crippen MR) is 53.2 cm³/mol. The number of carbonyl (C=O) groups excluding carboxylic acids is 1. The average molecular weight is 220 g/mol. The smallest absolute Gasteiger partial charge is 0.267 e. The molecule has 15 heavy (non-hydrogen) atoms. The molecule has 0 heterocycles. The van der Waals surface area contributed by atoms with Gasteiger partial charge in [-0.3, -0.25) is 4.89 Å². The third kappa shape index (κ3) is 11.3. The fourth-order valence-electron chi connectivity index (χ4n) is 0.729. The Morgan fingerprint density at radius 3 is 2.33 bits per heavy atom. The SMILES string of the molecule is CCCCCC(=O)OOOOC(C)(C)C. The Labute approximate surface area is 90.4 Å². The molecule has 0 amide bonds. The Morgan fingerprint density at radius 2 is 1.80 bits per heavy atom. The summed E-state index contributed by atoms with van der Waals surface area (Å²) in [5, 5.41) is 8.36. The van der Waals surface area contributed by atoms with E-state index >= 15 is 0 Å². The lowest BCUT2D eigenvalue weighted by atomic mass is 10.2. The first kappa shape index (κ1) is 14.3. The molecule has 5 heteroatoms. The summed E-state index contributed by atoms with van der Waals surface area (Å²) in [5.41, 5.74) is -0.505. The van der Waals surface area contributed by atoms with Crippen molar-refractivity contribution in [2.45, 2.75) is 59.0 Å². The second-order valence-corrected chi connectivity index (χ2v) is 4.24. The highest BCUT2D eigenvalue weighted by Gasteiger charge is 2.13. The highest BCUT2D eigenvalue weighted by atomic mass is 17.7. The van der Waals surface area contributed by atoms with Crippen molar-refractivity contribution in [2.24, 2.45) is 0 Å². The van der Waals surface area contributed by atoms with Crippen molar-refractivity contribution < 1.29 is 24.6 Å². The van der Waals surface area contributed by atoms with Crippen LogP contribution in [0.1, 0.15) is 53.4 Å². The van der Waals surface area contributed by atoms with Gasteiger partial charge >= 0.3 is 5.97 Å². The largest absolute Gasteiger partial charge is 0.345 e. The molecular formula is C10H20O5. The van der Waals surface area contributed by atoms with Crippen LogP contribution in [0.5, 0.6) is 0 Å². The quantitative estimate of drug-likeness (QED) is 0.375. The normalized spacial score (nSPS) is 11.5. The van der Waals surface area contributed by atoms with Crippen LogP contribution in [0.2, 0.25) is 0 Å². The standard InChI is InChI=1S/C10H20O5/c1-5-6-7-8-9(11)12-14-15-13-10(2,3)4/h5-8H2,1-4H3. The molecule has 0 spiro atoms. The fraction of sp³-hybridized carbons (Fsp3) is 0.900. The lowest BCUT2D eigenvalue weighted by Crippen LogP contribution is -2.20. The maximum atomic E-state index is 11.0. The summed E-state index contributed by atoms with van der Waals surface area (Å²) in [5.74, 6) is -0.457. The van der Waals surface area contributed by atoms with Crippen LogP contribution in [0.25, 0.3) is 0 Å². The number of carbonyl (C=O) groups is 1. The first-order chi connectivity index (χ1) is 6.95. The minimum absolute atomic E-state index is 0.326. The average Bonchev–Trinajstić information content (AvgIpc) is 2.11. The zero-order chi connectivity index (χ0) is 11.7. The highest BCUT2D eigenvalue weighted by Crippen LogP contribution is 2.07. The number of unbranched alkanes of at least 4 members (excludes halogenated alkanes) is 2. The summed E-state index contributed by atoms with van der Waals surface area (Å²) in [4.78, 5) is 20.0. The molecule has 0 N–H and O–H groups in total. The molecule has 0 saturated heterocycles. The van der Waals surface area contributed by atoms with E-state index in [1.165, 1.54) is 0 Å². The molecule has 5 nitrogen and oxygen atoms in total. The molecule has 0 aliphatic heterocycles. The van der Waals surface area contributed by atoms with Gasteiger partial charge in [-0.1, -0.05) is 19.8 Å². The van der Waals surface area contributed by atoms with Crippen molar-refractivity contribution >= 4 is 5.97 Å². The molecule has 0 aromatic rings. The molecule has 0 aliphatic carbocycles. The summed E-state index contributed by atoms with van der Waals surface area (Å²) in [7, 11) is 0. The van der Waals surface area contributed by atoms with E-state index in [9.17, 15) is 4.79 Å². The predicted octanol–water partition coefficient (Wildman–Crippen LogP) is 2.70. The summed E-state index contributed by atoms with van der Waals surface area (Å²) in [6.45, 7) is 7.39. The van der Waals surface area contributed by atoms with E-state index in [0.29, 0.717) is 6.42 Å². The van der Waals surface area contributed by atoms with Gasteiger partial charge < -0.3 is 0 Å². The minimum atomic E-state index is -0.505. The Bertz CT molecular complexity index is 173. The maximum Gasteiger partial charge on any atom is 0.345 e. The van der Waals surface area contributed by atoms with Gasteiger partial charge in [-0.2, -0.15) is 4.89 Å². The number of hydrogen-bond acceptors (Lipinski definition) is 5. The zero-order valence-corrected chi connectivity index (χ0v) is 9.87. The topological polar surface area (TPSA) is 54.0 Å². The summed E-state index contributed by atoms with van der Waals surface area (Å²) >= 11 is 0. The van der Waals surface area contributed by atoms with E-state index in [4.69, 9.17) is 4.89 Å². The van der Waals surface area contributed by atoms with Crippen molar-refractivity contribution in [1.82, 2.24) is 0 Å². The van der Waals surface area contributed by atoms with Crippen LogP contribution < -0.4 is 0 Å². The third-order valence-corrected chi connectivity index (χ3v) is 1.42. The van der Waals surface area contributed by atoms with Gasteiger partial charge in [0.1, 0.15) is 0 Å². The summed E-state index contributed by atoms with van der Waals surface area (Å²) in [6.07, 6.45) is 3.16. The van der Waals surface area contributed by atoms with Crippen molar-refractivity contribution in [2.75, 3.05) is 0 Å². The van der Waals surface area contributed by atoms with E-state index in [1.807, 2.05) is 0 Å². The Kier molecular flexibility index (Phi) is 7.29. The number of rotatable bonds is 7. The molecule has 0 radical (unpaired) electrons. The van der Waals surface area contributed by atoms with Gasteiger partial charge in [0.25, 0.3) is 0 Å². The number of hydrogen-bond donors (Lipinski definition) is 0. The zero-order valence-electron chi connectivity index (χ0n) is 9.87. The minimum Gasteiger partial charge on any atom is -0.267 e. The van der Waals surface area contributed by atoms with Gasteiger partial charge in [0.05, 0.1) is 5.60 Å². The molecule has 90 valence electrons. The maximum absolute atomic E-state index is 11.0. The Balaban J connectivity index is 3.32. The van der Waals surface area contributed by atoms with Gasteiger partial charge in [0, 0.05) is 11.5 Å². The first-order valence-corrected chi connectivity index (χ1v) is 5.17. The molecule has 0 bridgehead atoms. The van der Waals surface area contributed by atoms with E-state index in [1.54, 1.807) is 20.8 Å². The van der Waals surface area contributed by atoms with E-state index in [2.05, 4.69) is 21.9 Å². The van der Waals surface area contributed by atoms with E-state index in [0.717, 1.165) is 19.3 Å². The Morgan fingerprint density at radius 1 is 1.13 bits per heavy atom. The molecule has 0 aliphatic rings. The molecular weight excluding hydrogens is 200 g/mol. The van der Waals surface area contributed by atoms with E-state index in [-0.39, 0.29) is 0 Å². The van der Waals surface area contributed by atoms with Crippen molar-refractivity contribution in [3.05, 3.63) is 0 Å². The van der Waals surface area contributed by atoms with Crippen LogP contribution in [0.15, 0.2) is 0 Å². The van der Waals surface area contributed by atoms with Crippen molar-refractivity contribution in [3.8, 4) is 0 Å². The molecule has 0 aromatic carbocycles. The van der Waals surface area contributed by atoms with Crippen molar-refractivity contribution in [3.63, 3.8) is 0 Å². The fourth-order valence-corrected chi connectivity index (χ4v) is 0.729. The van der Waals surface area contributed by atoms with E-state index < -0.39 is 11.6 Å². The van der Waals surface area contributed by atoms with Gasteiger partial charge in [-0.05, 0) is 32.2 Å². The van der Waals surface area contributed by atoms with Crippen LogP contribution in [0, 0.1) is 0 Å². The first-order valence-electron chi connectivity index (χ1n) is 5.17. The lowest BCUT2D eigenvalue weighted by Gasteiger charge is -2.14.